The van der Waals surface area contributed by atoms with Crippen molar-refractivity contribution in [1.29, 1.82) is 0 Å². The third kappa shape index (κ3) is 2.81. The SMILES string of the molecule is CC1(C)CC2CC(C)(CN2CCCl)C1.Cl. The molecular weight excluding hydrogens is 229 g/mol. The maximum Gasteiger partial charge on any atom is 0.0351 e. The lowest BCUT2D eigenvalue weighted by atomic mass is 9.65. The van der Waals surface area contributed by atoms with E-state index < -0.39 is 0 Å². The average molecular weight is 252 g/mol. The Kier molecular flexibility index (Phi) is 4.01. The van der Waals surface area contributed by atoms with Crippen molar-refractivity contribution in [2.24, 2.45) is 10.8 Å². The van der Waals surface area contributed by atoms with Crippen LogP contribution in [0.5, 0.6) is 0 Å². The number of halogens is 2. The molecule has 2 bridgehead atoms. The zero-order valence-corrected chi connectivity index (χ0v) is 11.6. The molecule has 0 amide bonds. The quantitative estimate of drug-likeness (QED) is 0.679. The molecule has 1 saturated carbocycles. The lowest BCUT2D eigenvalue weighted by molar-refractivity contribution is 0.128. The van der Waals surface area contributed by atoms with Gasteiger partial charge in [0, 0.05) is 25.0 Å². The van der Waals surface area contributed by atoms with Crippen molar-refractivity contribution in [3.8, 4) is 0 Å². The molecule has 2 atom stereocenters. The molecule has 1 aliphatic carbocycles. The first-order chi connectivity index (χ1) is 6.44. The zero-order valence-electron chi connectivity index (χ0n) is 10.1. The summed E-state index contributed by atoms with van der Waals surface area (Å²) in [6, 6.07) is 0.808. The van der Waals surface area contributed by atoms with Crippen molar-refractivity contribution in [3.63, 3.8) is 0 Å². The highest BCUT2D eigenvalue weighted by atomic mass is 35.5. The standard InChI is InChI=1S/C12H22ClN.ClH/c1-11(2)6-10-7-12(3,8-11)9-14(10)5-4-13;/h10H,4-9H2,1-3H3;1H. The van der Waals surface area contributed by atoms with Crippen LogP contribution in [0.2, 0.25) is 0 Å². The van der Waals surface area contributed by atoms with Crippen LogP contribution in [0.4, 0.5) is 0 Å². The maximum absolute atomic E-state index is 5.85. The molecular formula is C12H23Cl2N. The molecule has 2 fully saturated rings. The Morgan fingerprint density at radius 3 is 2.53 bits per heavy atom. The van der Waals surface area contributed by atoms with E-state index in [1.165, 1.54) is 25.8 Å². The van der Waals surface area contributed by atoms with E-state index in [2.05, 4.69) is 25.7 Å². The van der Waals surface area contributed by atoms with E-state index in [1.807, 2.05) is 0 Å². The highest BCUT2D eigenvalue weighted by molar-refractivity contribution is 6.18. The molecule has 1 heterocycles. The van der Waals surface area contributed by atoms with Gasteiger partial charge >= 0.3 is 0 Å². The van der Waals surface area contributed by atoms with Gasteiger partial charge in [-0.3, -0.25) is 4.90 Å². The van der Waals surface area contributed by atoms with Crippen molar-refractivity contribution in [1.82, 2.24) is 4.90 Å². The van der Waals surface area contributed by atoms with Gasteiger partial charge in [-0.15, -0.1) is 24.0 Å². The van der Waals surface area contributed by atoms with Gasteiger partial charge in [-0.1, -0.05) is 20.8 Å². The van der Waals surface area contributed by atoms with Gasteiger partial charge in [0.1, 0.15) is 0 Å². The molecule has 2 aliphatic rings. The molecule has 1 nitrogen and oxygen atoms in total. The number of hydrogen-bond donors (Lipinski definition) is 0. The van der Waals surface area contributed by atoms with E-state index >= 15 is 0 Å². The largest absolute Gasteiger partial charge is 0.299 e. The predicted octanol–water partition coefficient (Wildman–Crippen LogP) is 3.55. The number of nitrogens with zero attached hydrogens (tertiary/aromatic N) is 1. The first-order valence-corrected chi connectivity index (χ1v) is 6.28. The second kappa shape index (κ2) is 4.43. The fraction of sp³-hybridized carbons (Fsp3) is 1.00. The van der Waals surface area contributed by atoms with Crippen molar-refractivity contribution in [2.75, 3.05) is 19.0 Å². The van der Waals surface area contributed by atoms with E-state index in [4.69, 9.17) is 11.6 Å². The van der Waals surface area contributed by atoms with Gasteiger partial charge in [0.2, 0.25) is 0 Å². The summed E-state index contributed by atoms with van der Waals surface area (Å²) >= 11 is 5.85. The molecule has 0 N–H and O–H groups in total. The van der Waals surface area contributed by atoms with Crippen molar-refractivity contribution >= 4 is 24.0 Å². The third-order valence-corrected chi connectivity index (χ3v) is 4.06. The lowest BCUT2D eigenvalue weighted by Crippen LogP contribution is -2.35. The monoisotopic (exact) mass is 251 g/mol. The van der Waals surface area contributed by atoms with Gasteiger partial charge in [-0.05, 0) is 30.1 Å². The maximum atomic E-state index is 5.85. The fourth-order valence-corrected chi connectivity index (χ4v) is 4.16. The van der Waals surface area contributed by atoms with Crippen LogP contribution in [0.25, 0.3) is 0 Å². The van der Waals surface area contributed by atoms with Crippen molar-refractivity contribution < 1.29 is 0 Å². The predicted molar refractivity (Wildman–Crippen MR) is 69.1 cm³/mol. The van der Waals surface area contributed by atoms with Gasteiger partial charge in [0.25, 0.3) is 0 Å². The first-order valence-electron chi connectivity index (χ1n) is 5.74. The Morgan fingerprint density at radius 1 is 1.27 bits per heavy atom. The highest BCUT2D eigenvalue weighted by Gasteiger charge is 2.48. The van der Waals surface area contributed by atoms with Crippen LogP contribution < -0.4 is 0 Å². The van der Waals surface area contributed by atoms with Crippen LogP contribution in [0.15, 0.2) is 0 Å². The van der Waals surface area contributed by atoms with Crippen LogP contribution in [0.1, 0.15) is 40.0 Å². The minimum absolute atomic E-state index is 0. The minimum atomic E-state index is 0. The average Bonchev–Trinajstić information content (AvgIpc) is 2.20. The van der Waals surface area contributed by atoms with Gasteiger partial charge in [0.05, 0.1) is 0 Å². The van der Waals surface area contributed by atoms with E-state index in [1.54, 1.807) is 0 Å². The normalized spacial score (nSPS) is 38.8. The van der Waals surface area contributed by atoms with Gasteiger partial charge in [-0.2, -0.15) is 0 Å². The number of likely N-dealkylation sites (tertiary alicyclic amines) is 1. The van der Waals surface area contributed by atoms with Gasteiger partial charge < -0.3 is 0 Å². The summed E-state index contributed by atoms with van der Waals surface area (Å²) < 4.78 is 0. The second-order valence-corrected chi connectivity index (χ2v) is 6.75. The fourth-order valence-electron chi connectivity index (χ4n) is 3.95. The Morgan fingerprint density at radius 2 is 1.93 bits per heavy atom. The Labute approximate surface area is 105 Å². The van der Waals surface area contributed by atoms with Crippen LogP contribution in [-0.2, 0) is 0 Å². The summed E-state index contributed by atoms with van der Waals surface area (Å²) in [5, 5.41) is 0. The lowest BCUT2D eigenvalue weighted by Gasteiger charge is -2.39. The summed E-state index contributed by atoms with van der Waals surface area (Å²) in [4.78, 5) is 2.61. The molecule has 2 rings (SSSR count). The summed E-state index contributed by atoms with van der Waals surface area (Å²) in [5.41, 5.74) is 1.11. The Balaban J connectivity index is 0.00000112. The summed E-state index contributed by atoms with van der Waals surface area (Å²) in [6.07, 6.45) is 4.14. The molecule has 15 heavy (non-hydrogen) atoms. The number of fused-ring (bicyclic) bond motifs is 2. The minimum Gasteiger partial charge on any atom is -0.299 e. The van der Waals surface area contributed by atoms with Crippen LogP contribution in [0.3, 0.4) is 0 Å². The van der Waals surface area contributed by atoms with E-state index in [0.29, 0.717) is 10.8 Å². The molecule has 2 unspecified atom stereocenters. The van der Waals surface area contributed by atoms with E-state index in [-0.39, 0.29) is 12.4 Å². The van der Waals surface area contributed by atoms with Crippen LogP contribution in [-0.4, -0.2) is 29.9 Å². The van der Waals surface area contributed by atoms with Crippen molar-refractivity contribution in [2.45, 2.75) is 46.1 Å². The molecule has 1 saturated heterocycles. The number of hydrogen-bond acceptors (Lipinski definition) is 1. The second-order valence-electron chi connectivity index (χ2n) is 6.37. The molecule has 1 aliphatic heterocycles. The smallest absolute Gasteiger partial charge is 0.0351 e. The third-order valence-electron chi connectivity index (χ3n) is 3.89. The molecule has 90 valence electrons. The highest BCUT2D eigenvalue weighted by Crippen LogP contribution is 2.52. The molecule has 0 aromatic rings. The Bertz CT molecular complexity index is 230. The van der Waals surface area contributed by atoms with E-state index in [0.717, 1.165) is 18.5 Å². The molecule has 0 radical (unpaired) electrons. The number of rotatable bonds is 2. The van der Waals surface area contributed by atoms with Gasteiger partial charge in [-0.25, -0.2) is 0 Å². The zero-order chi connectivity index (χ0) is 10.4. The first kappa shape index (κ1) is 13.6. The molecule has 3 heteroatoms. The van der Waals surface area contributed by atoms with Gasteiger partial charge in [0.15, 0.2) is 0 Å². The topological polar surface area (TPSA) is 3.24 Å². The number of alkyl halides is 1. The van der Waals surface area contributed by atoms with Crippen molar-refractivity contribution in [3.05, 3.63) is 0 Å². The molecule has 0 aromatic heterocycles. The van der Waals surface area contributed by atoms with Crippen LogP contribution >= 0.6 is 24.0 Å². The molecule has 0 spiro atoms. The Hall–Kier alpha value is 0.540. The molecule has 0 aromatic carbocycles. The van der Waals surface area contributed by atoms with Crippen LogP contribution in [0, 0.1) is 10.8 Å². The summed E-state index contributed by atoms with van der Waals surface area (Å²) in [5.74, 6) is 0.785. The van der Waals surface area contributed by atoms with E-state index in [9.17, 15) is 0 Å². The summed E-state index contributed by atoms with van der Waals surface area (Å²) in [6.45, 7) is 9.64. The summed E-state index contributed by atoms with van der Waals surface area (Å²) in [7, 11) is 0.